The van der Waals surface area contributed by atoms with E-state index < -0.39 is 5.97 Å². The van der Waals surface area contributed by atoms with Crippen LogP contribution < -0.4 is 0 Å². The number of carbonyl (C=O) groups is 1. The summed E-state index contributed by atoms with van der Waals surface area (Å²) in [4.78, 5) is 10.9. The molecule has 1 heterocycles. The first-order valence-corrected chi connectivity index (χ1v) is 4.76. The van der Waals surface area contributed by atoms with Gasteiger partial charge >= 0.3 is 5.97 Å². The van der Waals surface area contributed by atoms with Gasteiger partial charge in [-0.3, -0.25) is 4.68 Å². The number of nitrogens with zero attached hydrogens (tertiary/aromatic N) is 2. The highest BCUT2D eigenvalue weighted by Gasteiger charge is 2.17. The number of carboxylic acids is 1. The minimum atomic E-state index is -0.918. The topological polar surface area (TPSA) is 55.1 Å². The van der Waals surface area contributed by atoms with E-state index in [9.17, 15) is 4.79 Å². The molecule has 0 amide bonds. The lowest BCUT2D eigenvalue weighted by molar-refractivity contribution is 0.0681. The van der Waals surface area contributed by atoms with Crippen LogP contribution in [-0.4, -0.2) is 20.9 Å². The van der Waals surface area contributed by atoms with E-state index in [2.05, 4.69) is 5.10 Å². The second kappa shape index (κ2) is 3.82. The van der Waals surface area contributed by atoms with Crippen molar-refractivity contribution in [1.82, 2.24) is 9.78 Å². The normalized spacial score (nSPS) is 11.3. The molecule has 1 aromatic rings. The number of rotatable bonds is 3. The first kappa shape index (κ1) is 10.8. The van der Waals surface area contributed by atoms with Crippen LogP contribution in [0, 0.1) is 0 Å². The summed E-state index contributed by atoms with van der Waals surface area (Å²) in [5.74, 6) is -0.661. The van der Waals surface area contributed by atoms with Gasteiger partial charge in [-0.15, -0.1) is 0 Å². The second-order valence-corrected chi connectivity index (χ2v) is 3.95. The molecule has 0 fully saturated rings. The quantitative estimate of drug-likeness (QED) is 0.806. The monoisotopic (exact) mass is 196 g/mol. The first-order chi connectivity index (χ1) is 6.43. The Labute approximate surface area is 83.5 Å². The molecule has 0 saturated carbocycles. The van der Waals surface area contributed by atoms with E-state index in [1.807, 2.05) is 27.7 Å². The van der Waals surface area contributed by atoms with Crippen molar-refractivity contribution in [3.8, 4) is 0 Å². The average molecular weight is 196 g/mol. The molecule has 4 heteroatoms. The number of hydrogen-bond donors (Lipinski definition) is 1. The second-order valence-electron chi connectivity index (χ2n) is 3.95. The SMILES string of the molecule is CC(C)c1cc(C(=O)O)n(C(C)C)n1. The van der Waals surface area contributed by atoms with Gasteiger partial charge in [0.25, 0.3) is 0 Å². The maximum atomic E-state index is 10.9. The summed E-state index contributed by atoms with van der Waals surface area (Å²) in [6.45, 7) is 7.84. The van der Waals surface area contributed by atoms with Gasteiger partial charge in [-0.2, -0.15) is 5.10 Å². The highest BCUT2D eigenvalue weighted by atomic mass is 16.4. The smallest absolute Gasteiger partial charge is 0.354 e. The van der Waals surface area contributed by atoms with Gasteiger partial charge in [0.1, 0.15) is 5.69 Å². The Kier molecular flexibility index (Phi) is 2.93. The van der Waals surface area contributed by atoms with Crippen molar-refractivity contribution < 1.29 is 9.90 Å². The molecule has 4 nitrogen and oxygen atoms in total. The van der Waals surface area contributed by atoms with E-state index in [4.69, 9.17) is 5.11 Å². The molecule has 0 spiro atoms. The molecule has 0 radical (unpaired) electrons. The van der Waals surface area contributed by atoms with Crippen molar-refractivity contribution in [2.45, 2.75) is 39.7 Å². The fraction of sp³-hybridized carbons (Fsp3) is 0.600. The molecule has 78 valence electrons. The van der Waals surface area contributed by atoms with Crippen molar-refractivity contribution in [3.05, 3.63) is 17.5 Å². The van der Waals surface area contributed by atoms with Crippen LogP contribution in [0.15, 0.2) is 6.07 Å². The molecule has 0 aliphatic heterocycles. The zero-order chi connectivity index (χ0) is 10.9. The van der Waals surface area contributed by atoms with Crippen LogP contribution in [0.5, 0.6) is 0 Å². The zero-order valence-corrected chi connectivity index (χ0v) is 8.98. The molecule has 1 N–H and O–H groups in total. The van der Waals surface area contributed by atoms with Crippen LogP contribution in [0.4, 0.5) is 0 Å². The van der Waals surface area contributed by atoms with Gasteiger partial charge < -0.3 is 5.11 Å². The molecule has 0 bridgehead atoms. The largest absolute Gasteiger partial charge is 0.477 e. The van der Waals surface area contributed by atoms with Gasteiger partial charge in [0.2, 0.25) is 0 Å². The summed E-state index contributed by atoms with van der Waals surface area (Å²) in [5.41, 5.74) is 1.10. The highest BCUT2D eigenvalue weighted by molar-refractivity contribution is 5.85. The summed E-state index contributed by atoms with van der Waals surface area (Å²) in [6.07, 6.45) is 0. The van der Waals surface area contributed by atoms with Crippen LogP contribution >= 0.6 is 0 Å². The fourth-order valence-electron chi connectivity index (χ4n) is 1.25. The number of aromatic carboxylic acids is 1. The van der Waals surface area contributed by atoms with Crippen molar-refractivity contribution >= 4 is 5.97 Å². The fourth-order valence-corrected chi connectivity index (χ4v) is 1.25. The average Bonchev–Trinajstić information content (AvgIpc) is 2.47. The van der Waals surface area contributed by atoms with Gasteiger partial charge in [-0.25, -0.2) is 4.79 Å². The summed E-state index contributed by atoms with van der Waals surface area (Å²) >= 11 is 0. The summed E-state index contributed by atoms with van der Waals surface area (Å²) < 4.78 is 1.55. The molecule has 0 unspecified atom stereocenters. The van der Waals surface area contributed by atoms with Crippen molar-refractivity contribution in [1.29, 1.82) is 0 Å². The third kappa shape index (κ3) is 1.95. The summed E-state index contributed by atoms with van der Waals surface area (Å²) in [6, 6.07) is 1.72. The molecule has 1 aromatic heterocycles. The van der Waals surface area contributed by atoms with E-state index in [0.717, 1.165) is 5.69 Å². The maximum Gasteiger partial charge on any atom is 0.354 e. The van der Waals surface area contributed by atoms with E-state index in [0.29, 0.717) is 0 Å². The highest BCUT2D eigenvalue weighted by Crippen LogP contribution is 2.17. The predicted octanol–water partition coefficient (Wildman–Crippen LogP) is 2.29. The van der Waals surface area contributed by atoms with Crippen molar-refractivity contribution in [3.63, 3.8) is 0 Å². The first-order valence-electron chi connectivity index (χ1n) is 4.76. The van der Waals surface area contributed by atoms with E-state index in [-0.39, 0.29) is 17.7 Å². The number of carboxylic acid groups (broad SMARTS) is 1. The Bertz CT molecular complexity index is 340. The molecular weight excluding hydrogens is 180 g/mol. The van der Waals surface area contributed by atoms with Crippen molar-refractivity contribution in [2.24, 2.45) is 0 Å². The lowest BCUT2D eigenvalue weighted by Crippen LogP contribution is -2.11. The Morgan fingerprint density at radius 2 is 2.00 bits per heavy atom. The Balaban J connectivity index is 3.19. The molecule has 0 atom stereocenters. The molecule has 0 aromatic carbocycles. The number of hydrogen-bond acceptors (Lipinski definition) is 2. The van der Waals surface area contributed by atoms with Crippen molar-refractivity contribution in [2.75, 3.05) is 0 Å². The minimum absolute atomic E-state index is 0.0774. The standard InChI is InChI=1S/C10H16N2O2/c1-6(2)8-5-9(10(13)14)12(11-8)7(3)4/h5-7H,1-4H3,(H,13,14). The Morgan fingerprint density at radius 1 is 1.43 bits per heavy atom. The van der Waals surface area contributed by atoms with Crippen LogP contribution in [0.25, 0.3) is 0 Å². The van der Waals surface area contributed by atoms with Gasteiger partial charge in [0, 0.05) is 6.04 Å². The van der Waals surface area contributed by atoms with Crippen LogP contribution in [0.3, 0.4) is 0 Å². The summed E-state index contributed by atoms with van der Waals surface area (Å²) in [5, 5.41) is 13.2. The van der Waals surface area contributed by atoms with Crippen LogP contribution in [-0.2, 0) is 0 Å². The van der Waals surface area contributed by atoms with E-state index in [1.165, 1.54) is 0 Å². The lowest BCUT2D eigenvalue weighted by atomic mass is 10.1. The molecule has 0 aliphatic carbocycles. The number of aromatic nitrogens is 2. The Morgan fingerprint density at radius 3 is 2.29 bits per heavy atom. The van der Waals surface area contributed by atoms with Gasteiger partial charge in [0.15, 0.2) is 0 Å². The van der Waals surface area contributed by atoms with Gasteiger partial charge in [-0.05, 0) is 25.8 Å². The third-order valence-electron chi connectivity index (χ3n) is 2.05. The molecule has 14 heavy (non-hydrogen) atoms. The van der Waals surface area contributed by atoms with E-state index >= 15 is 0 Å². The molecule has 1 rings (SSSR count). The maximum absolute atomic E-state index is 10.9. The lowest BCUT2D eigenvalue weighted by Gasteiger charge is -2.07. The Hall–Kier alpha value is -1.32. The van der Waals surface area contributed by atoms with Crippen LogP contribution in [0.2, 0.25) is 0 Å². The van der Waals surface area contributed by atoms with Gasteiger partial charge in [-0.1, -0.05) is 13.8 Å². The minimum Gasteiger partial charge on any atom is -0.477 e. The summed E-state index contributed by atoms with van der Waals surface area (Å²) in [7, 11) is 0. The van der Waals surface area contributed by atoms with E-state index in [1.54, 1.807) is 10.7 Å². The van der Waals surface area contributed by atoms with Crippen LogP contribution in [0.1, 0.15) is 55.8 Å². The molecular formula is C10H16N2O2. The molecule has 0 aliphatic rings. The zero-order valence-electron chi connectivity index (χ0n) is 8.98. The molecule has 0 saturated heterocycles. The third-order valence-corrected chi connectivity index (χ3v) is 2.05. The van der Waals surface area contributed by atoms with Gasteiger partial charge in [0.05, 0.1) is 5.69 Å². The predicted molar refractivity (Wildman–Crippen MR) is 53.7 cm³/mol.